The van der Waals surface area contributed by atoms with Gasteiger partial charge in [0, 0.05) is 17.1 Å². The first kappa shape index (κ1) is 20.3. The summed E-state index contributed by atoms with van der Waals surface area (Å²) < 4.78 is 0. The topological polar surface area (TPSA) is 83.1 Å². The summed E-state index contributed by atoms with van der Waals surface area (Å²) in [6.07, 6.45) is 5.83. The molecular formula is C21H28N4O2S. The minimum absolute atomic E-state index is 0.124. The second kappa shape index (κ2) is 9.68. The van der Waals surface area contributed by atoms with Crippen LogP contribution in [0.5, 0.6) is 0 Å². The molecule has 1 aromatic carbocycles. The van der Waals surface area contributed by atoms with Crippen molar-refractivity contribution in [2.45, 2.75) is 64.3 Å². The number of nitrogens with one attached hydrogen (secondary N) is 3. The Morgan fingerprint density at radius 3 is 2.50 bits per heavy atom. The van der Waals surface area contributed by atoms with Crippen molar-refractivity contribution in [1.29, 1.82) is 0 Å². The minimum Gasteiger partial charge on any atom is -0.335 e. The van der Waals surface area contributed by atoms with Gasteiger partial charge < -0.3 is 10.6 Å². The molecule has 2 aromatic rings. The fourth-order valence-electron chi connectivity index (χ4n) is 3.33. The number of hydrogen-bond acceptors (Lipinski definition) is 4. The number of nitrogens with zero attached hydrogens (tertiary/aromatic N) is 1. The lowest BCUT2D eigenvalue weighted by atomic mass is 9.96. The smallest absolute Gasteiger partial charge is 0.321 e. The normalized spacial score (nSPS) is 14.7. The Morgan fingerprint density at radius 1 is 1.11 bits per heavy atom. The number of anilines is 2. The molecule has 0 radical (unpaired) electrons. The second-order valence-corrected chi connectivity index (χ2v) is 8.44. The molecule has 1 aliphatic rings. The van der Waals surface area contributed by atoms with E-state index in [0.29, 0.717) is 16.7 Å². The predicted octanol–water partition coefficient (Wildman–Crippen LogP) is 4.90. The average molecular weight is 401 g/mol. The lowest BCUT2D eigenvalue weighted by Gasteiger charge is -2.22. The number of carbonyl (C=O) groups excluding carboxylic acids is 2. The van der Waals surface area contributed by atoms with Crippen LogP contribution < -0.4 is 16.0 Å². The van der Waals surface area contributed by atoms with Crippen LogP contribution in [0, 0.1) is 0 Å². The standard InChI is InChI=1S/C21H28N4O2S/c1-14(2)15-8-10-17(11-9-15)22-19(26)12-18-13-28-21(24-18)25-20(27)23-16-6-4-3-5-7-16/h8-11,13-14,16H,3-7,12H2,1-2H3,(H,22,26)(H2,23,24,25,27). The van der Waals surface area contributed by atoms with Crippen LogP contribution in [0.1, 0.15) is 63.1 Å². The number of thiazole rings is 1. The van der Waals surface area contributed by atoms with Crippen LogP contribution in [-0.4, -0.2) is 23.0 Å². The van der Waals surface area contributed by atoms with E-state index in [2.05, 4.69) is 34.8 Å². The largest absolute Gasteiger partial charge is 0.335 e. The van der Waals surface area contributed by atoms with Gasteiger partial charge in [-0.05, 0) is 36.5 Å². The van der Waals surface area contributed by atoms with Crippen molar-refractivity contribution in [3.05, 3.63) is 40.9 Å². The van der Waals surface area contributed by atoms with Gasteiger partial charge >= 0.3 is 6.03 Å². The fourth-order valence-corrected chi connectivity index (χ4v) is 4.04. The number of amides is 3. The zero-order valence-corrected chi connectivity index (χ0v) is 17.3. The Bertz CT molecular complexity index is 795. The molecule has 3 rings (SSSR count). The molecule has 7 heteroatoms. The minimum atomic E-state index is -0.220. The monoisotopic (exact) mass is 400 g/mol. The number of benzene rings is 1. The quantitative estimate of drug-likeness (QED) is 0.645. The maximum absolute atomic E-state index is 12.2. The van der Waals surface area contributed by atoms with Crippen LogP contribution in [0.25, 0.3) is 0 Å². The van der Waals surface area contributed by atoms with Crippen molar-refractivity contribution < 1.29 is 9.59 Å². The van der Waals surface area contributed by atoms with Crippen LogP contribution in [-0.2, 0) is 11.2 Å². The lowest BCUT2D eigenvalue weighted by molar-refractivity contribution is -0.115. The molecule has 3 amide bonds. The van der Waals surface area contributed by atoms with Crippen molar-refractivity contribution in [3.63, 3.8) is 0 Å². The molecule has 6 nitrogen and oxygen atoms in total. The van der Waals surface area contributed by atoms with Crippen molar-refractivity contribution in [2.75, 3.05) is 10.6 Å². The van der Waals surface area contributed by atoms with Gasteiger partial charge in [-0.1, -0.05) is 45.2 Å². The van der Waals surface area contributed by atoms with E-state index in [1.807, 2.05) is 24.3 Å². The number of urea groups is 1. The van der Waals surface area contributed by atoms with Crippen LogP contribution in [0.4, 0.5) is 15.6 Å². The summed E-state index contributed by atoms with van der Waals surface area (Å²) in [6, 6.07) is 7.91. The number of carbonyl (C=O) groups is 2. The van der Waals surface area contributed by atoms with Crippen molar-refractivity contribution in [1.82, 2.24) is 10.3 Å². The molecule has 28 heavy (non-hydrogen) atoms. The molecule has 1 aliphatic carbocycles. The van der Waals surface area contributed by atoms with Gasteiger partial charge in [0.2, 0.25) is 5.91 Å². The summed E-state index contributed by atoms with van der Waals surface area (Å²) >= 11 is 1.33. The highest BCUT2D eigenvalue weighted by atomic mass is 32.1. The molecular weight excluding hydrogens is 372 g/mol. The van der Waals surface area contributed by atoms with Crippen molar-refractivity contribution in [2.24, 2.45) is 0 Å². The molecule has 0 aliphatic heterocycles. The first-order chi connectivity index (χ1) is 13.5. The van der Waals surface area contributed by atoms with E-state index in [1.54, 1.807) is 5.38 Å². The molecule has 1 saturated carbocycles. The van der Waals surface area contributed by atoms with Crippen molar-refractivity contribution >= 4 is 34.1 Å². The van der Waals surface area contributed by atoms with Gasteiger partial charge in [0.15, 0.2) is 5.13 Å². The van der Waals surface area contributed by atoms with Crippen molar-refractivity contribution in [3.8, 4) is 0 Å². The molecule has 0 saturated heterocycles. The van der Waals surface area contributed by atoms with E-state index < -0.39 is 0 Å². The molecule has 3 N–H and O–H groups in total. The number of hydrogen-bond donors (Lipinski definition) is 3. The lowest BCUT2D eigenvalue weighted by Crippen LogP contribution is -2.39. The summed E-state index contributed by atoms with van der Waals surface area (Å²) in [5.41, 5.74) is 2.66. The van der Waals surface area contributed by atoms with Gasteiger partial charge in [-0.2, -0.15) is 0 Å². The molecule has 1 heterocycles. The second-order valence-electron chi connectivity index (χ2n) is 7.58. The highest BCUT2D eigenvalue weighted by molar-refractivity contribution is 7.13. The summed E-state index contributed by atoms with van der Waals surface area (Å²) in [7, 11) is 0. The van der Waals surface area contributed by atoms with Gasteiger partial charge in [0.1, 0.15) is 0 Å². The molecule has 1 fully saturated rings. The average Bonchev–Trinajstić information content (AvgIpc) is 3.09. The molecule has 1 aromatic heterocycles. The van der Waals surface area contributed by atoms with Crippen LogP contribution in [0.2, 0.25) is 0 Å². The Hall–Kier alpha value is -2.41. The maximum Gasteiger partial charge on any atom is 0.321 e. The van der Waals surface area contributed by atoms with E-state index in [0.717, 1.165) is 18.5 Å². The molecule has 0 unspecified atom stereocenters. The van der Waals surface area contributed by atoms with E-state index in [-0.39, 0.29) is 24.4 Å². The van der Waals surface area contributed by atoms with E-state index in [1.165, 1.54) is 36.2 Å². The van der Waals surface area contributed by atoms with Gasteiger partial charge in [-0.25, -0.2) is 9.78 Å². The third-order valence-electron chi connectivity index (χ3n) is 4.92. The van der Waals surface area contributed by atoms with E-state index in [4.69, 9.17) is 0 Å². The third-order valence-corrected chi connectivity index (χ3v) is 5.72. The summed E-state index contributed by atoms with van der Waals surface area (Å²) in [6.45, 7) is 4.27. The SMILES string of the molecule is CC(C)c1ccc(NC(=O)Cc2csc(NC(=O)NC3CCCCC3)n2)cc1. The van der Waals surface area contributed by atoms with Gasteiger partial charge in [0.05, 0.1) is 12.1 Å². The number of aromatic nitrogens is 1. The van der Waals surface area contributed by atoms with E-state index >= 15 is 0 Å². The van der Waals surface area contributed by atoms with E-state index in [9.17, 15) is 9.59 Å². The molecule has 0 spiro atoms. The Balaban J connectivity index is 1.46. The Labute approximate surface area is 170 Å². The van der Waals surface area contributed by atoms with Crippen LogP contribution in [0.15, 0.2) is 29.6 Å². The highest BCUT2D eigenvalue weighted by Gasteiger charge is 2.16. The van der Waals surface area contributed by atoms with Crippen LogP contribution >= 0.6 is 11.3 Å². The summed E-state index contributed by atoms with van der Waals surface area (Å²) in [4.78, 5) is 28.7. The summed E-state index contributed by atoms with van der Waals surface area (Å²) in [5, 5.41) is 11.0. The predicted molar refractivity (Wildman–Crippen MR) is 114 cm³/mol. The Kier molecular flexibility index (Phi) is 7.03. The number of rotatable bonds is 6. The first-order valence-electron chi connectivity index (χ1n) is 9.91. The third kappa shape index (κ3) is 6.05. The van der Waals surface area contributed by atoms with Gasteiger partial charge in [-0.15, -0.1) is 11.3 Å². The fraction of sp³-hybridized carbons (Fsp3) is 0.476. The van der Waals surface area contributed by atoms with Gasteiger partial charge in [-0.3, -0.25) is 10.1 Å². The Morgan fingerprint density at radius 2 is 1.82 bits per heavy atom. The zero-order valence-electron chi connectivity index (χ0n) is 16.5. The first-order valence-corrected chi connectivity index (χ1v) is 10.8. The van der Waals surface area contributed by atoms with Gasteiger partial charge in [0.25, 0.3) is 0 Å². The highest BCUT2D eigenvalue weighted by Crippen LogP contribution is 2.20. The maximum atomic E-state index is 12.2. The summed E-state index contributed by atoms with van der Waals surface area (Å²) in [5.74, 6) is 0.335. The molecule has 0 atom stereocenters. The molecule has 0 bridgehead atoms. The van der Waals surface area contributed by atoms with Crippen LogP contribution in [0.3, 0.4) is 0 Å². The molecule has 150 valence electrons. The zero-order chi connectivity index (χ0) is 19.9.